The summed E-state index contributed by atoms with van der Waals surface area (Å²) in [5.74, 6) is 0.513. The summed E-state index contributed by atoms with van der Waals surface area (Å²) in [4.78, 5) is 14.6. The quantitative estimate of drug-likeness (QED) is 0.675. The zero-order valence-corrected chi connectivity index (χ0v) is 12.0. The molecule has 0 aliphatic rings. The second-order valence-electron chi connectivity index (χ2n) is 4.57. The summed E-state index contributed by atoms with van der Waals surface area (Å²) in [5, 5.41) is 14.9. The average Bonchev–Trinajstić information content (AvgIpc) is 2.37. The van der Waals surface area contributed by atoms with Crippen molar-refractivity contribution in [2.24, 2.45) is 0 Å². The highest BCUT2D eigenvalue weighted by molar-refractivity contribution is 7.84. The van der Waals surface area contributed by atoms with Gasteiger partial charge in [0, 0.05) is 52.2 Å². The number of pyridine rings is 1. The first kappa shape index (κ1) is 14.4. The molecule has 0 bridgehead atoms. The zero-order valence-electron chi connectivity index (χ0n) is 11.2. The van der Waals surface area contributed by atoms with Crippen LogP contribution in [0.4, 0.5) is 11.4 Å². The minimum Gasteiger partial charge on any atom is -0.381 e. The zero-order chi connectivity index (χ0) is 14.7. The topological polar surface area (TPSA) is 85.1 Å². The van der Waals surface area contributed by atoms with Gasteiger partial charge in [-0.1, -0.05) is 0 Å². The number of nitrogens with zero attached hydrogens (tertiary/aromatic N) is 2. The third-order valence-corrected chi connectivity index (χ3v) is 3.80. The van der Waals surface area contributed by atoms with E-state index in [-0.39, 0.29) is 11.7 Å². The fraction of sp³-hybridized carbons (Fsp3) is 0.308. The van der Waals surface area contributed by atoms with E-state index in [2.05, 4.69) is 10.3 Å². The van der Waals surface area contributed by atoms with Gasteiger partial charge in [0.05, 0.1) is 4.92 Å². The molecule has 0 spiro atoms. The summed E-state index contributed by atoms with van der Waals surface area (Å²) >= 11 is 0. The largest absolute Gasteiger partial charge is 0.381 e. The summed E-state index contributed by atoms with van der Waals surface area (Å²) in [5.41, 5.74) is 1.10. The smallest absolute Gasteiger partial charge is 0.295 e. The Labute approximate surface area is 118 Å². The highest BCUT2D eigenvalue weighted by Gasteiger charge is 2.16. The highest BCUT2D eigenvalue weighted by Crippen LogP contribution is 2.29. The fourth-order valence-electron chi connectivity index (χ4n) is 2.09. The third-order valence-electron chi connectivity index (χ3n) is 2.83. The number of nitro benzene ring substituents is 1. The summed E-state index contributed by atoms with van der Waals surface area (Å²) < 4.78 is 11.2. The van der Waals surface area contributed by atoms with Crippen LogP contribution in [-0.4, -0.2) is 32.2 Å². The summed E-state index contributed by atoms with van der Waals surface area (Å²) in [7, 11) is -0.901. The number of aromatic nitrogens is 1. The summed E-state index contributed by atoms with van der Waals surface area (Å²) in [6, 6.07) is 6.63. The van der Waals surface area contributed by atoms with Gasteiger partial charge in [-0.15, -0.1) is 0 Å². The minimum atomic E-state index is -0.901. The number of benzene rings is 1. The first-order valence-corrected chi connectivity index (χ1v) is 7.80. The maximum Gasteiger partial charge on any atom is 0.295 e. The van der Waals surface area contributed by atoms with Gasteiger partial charge in [-0.2, -0.15) is 0 Å². The molecule has 1 heterocycles. The maximum atomic E-state index is 11.2. The number of anilines is 1. The summed E-state index contributed by atoms with van der Waals surface area (Å²) in [6.07, 6.45) is 3.18. The lowest BCUT2D eigenvalue weighted by atomic mass is 10.1. The molecular weight excluding hydrogens is 278 g/mol. The van der Waals surface area contributed by atoms with Crippen LogP contribution in [0.5, 0.6) is 0 Å². The SMILES string of the molecule is CC(CS(C)=O)Nc1ccc([N+](=O)[O-])c2ncccc12. The molecule has 0 radical (unpaired) electrons. The van der Waals surface area contributed by atoms with Gasteiger partial charge < -0.3 is 5.32 Å². The molecule has 0 amide bonds. The van der Waals surface area contributed by atoms with Gasteiger partial charge in [0.2, 0.25) is 0 Å². The van der Waals surface area contributed by atoms with Crippen LogP contribution in [0.2, 0.25) is 0 Å². The van der Waals surface area contributed by atoms with Crippen LogP contribution in [0.3, 0.4) is 0 Å². The molecule has 1 N–H and O–H groups in total. The molecule has 2 rings (SSSR count). The predicted octanol–water partition coefficient (Wildman–Crippen LogP) is 2.32. The standard InChI is InChI=1S/C13H15N3O3S/c1-9(8-20(2)19)15-11-5-6-12(16(17)18)13-10(11)4-3-7-14-13/h3-7,9,15H,8H2,1-2H3. The van der Waals surface area contributed by atoms with Crippen LogP contribution < -0.4 is 5.32 Å². The van der Waals surface area contributed by atoms with Crippen LogP contribution in [0.15, 0.2) is 30.5 Å². The number of fused-ring (bicyclic) bond motifs is 1. The normalized spacial score (nSPS) is 13.9. The van der Waals surface area contributed by atoms with E-state index in [1.54, 1.807) is 24.5 Å². The molecular formula is C13H15N3O3S. The number of hydrogen-bond acceptors (Lipinski definition) is 5. The lowest BCUT2D eigenvalue weighted by molar-refractivity contribution is -0.383. The first-order chi connectivity index (χ1) is 9.49. The number of hydrogen-bond donors (Lipinski definition) is 1. The van der Waals surface area contributed by atoms with Crippen molar-refractivity contribution in [1.82, 2.24) is 4.98 Å². The monoisotopic (exact) mass is 293 g/mol. The Morgan fingerprint density at radius 1 is 1.45 bits per heavy atom. The molecule has 106 valence electrons. The van der Waals surface area contributed by atoms with E-state index in [0.717, 1.165) is 5.69 Å². The number of nitro groups is 1. The first-order valence-electron chi connectivity index (χ1n) is 6.07. The van der Waals surface area contributed by atoms with E-state index in [4.69, 9.17) is 0 Å². The third kappa shape index (κ3) is 3.11. The highest BCUT2D eigenvalue weighted by atomic mass is 32.2. The van der Waals surface area contributed by atoms with Crippen molar-refractivity contribution >= 4 is 33.1 Å². The molecule has 0 aliphatic carbocycles. The van der Waals surface area contributed by atoms with Crippen molar-refractivity contribution in [3.63, 3.8) is 0 Å². The maximum absolute atomic E-state index is 11.2. The molecule has 0 fully saturated rings. The second-order valence-corrected chi connectivity index (χ2v) is 6.05. The van der Waals surface area contributed by atoms with Crippen LogP contribution in [0.25, 0.3) is 10.9 Å². The molecule has 2 atom stereocenters. The van der Waals surface area contributed by atoms with Crippen LogP contribution in [-0.2, 0) is 10.8 Å². The van der Waals surface area contributed by atoms with Crippen molar-refractivity contribution in [2.45, 2.75) is 13.0 Å². The summed E-state index contributed by atoms with van der Waals surface area (Å²) in [6.45, 7) is 1.92. The van der Waals surface area contributed by atoms with Gasteiger partial charge in [-0.3, -0.25) is 14.3 Å². The Morgan fingerprint density at radius 3 is 2.85 bits per heavy atom. The number of nitrogens with one attached hydrogen (secondary N) is 1. The number of rotatable bonds is 5. The van der Waals surface area contributed by atoms with Crippen molar-refractivity contribution in [2.75, 3.05) is 17.3 Å². The van der Waals surface area contributed by atoms with Gasteiger partial charge in [-0.05, 0) is 25.1 Å². The molecule has 2 unspecified atom stereocenters. The van der Waals surface area contributed by atoms with Crippen molar-refractivity contribution < 1.29 is 9.13 Å². The Morgan fingerprint density at radius 2 is 2.20 bits per heavy atom. The lowest BCUT2D eigenvalue weighted by Crippen LogP contribution is -2.22. The minimum absolute atomic E-state index is 0.00527. The van der Waals surface area contributed by atoms with Crippen molar-refractivity contribution in [3.8, 4) is 0 Å². The molecule has 7 heteroatoms. The van der Waals surface area contributed by atoms with Gasteiger partial charge in [0.15, 0.2) is 0 Å². The molecule has 1 aromatic carbocycles. The van der Waals surface area contributed by atoms with Gasteiger partial charge >= 0.3 is 0 Å². The van der Waals surface area contributed by atoms with E-state index < -0.39 is 15.7 Å². The van der Waals surface area contributed by atoms with Gasteiger partial charge in [0.25, 0.3) is 5.69 Å². The number of non-ortho nitro benzene ring substituents is 1. The molecule has 0 saturated carbocycles. The fourth-order valence-corrected chi connectivity index (χ4v) is 2.88. The van der Waals surface area contributed by atoms with E-state index in [0.29, 0.717) is 16.7 Å². The second kappa shape index (κ2) is 5.96. The van der Waals surface area contributed by atoms with Crippen molar-refractivity contribution in [1.29, 1.82) is 0 Å². The molecule has 0 saturated heterocycles. The predicted molar refractivity (Wildman–Crippen MR) is 80.4 cm³/mol. The molecule has 20 heavy (non-hydrogen) atoms. The van der Waals surface area contributed by atoms with Crippen LogP contribution >= 0.6 is 0 Å². The Kier molecular flexibility index (Phi) is 4.29. The van der Waals surface area contributed by atoms with Crippen LogP contribution in [0.1, 0.15) is 6.92 Å². The van der Waals surface area contributed by atoms with Gasteiger partial charge in [0.1, 0.15) is 5.52 Å². The molecule has 0 aliphatic heterocycles. The lowest BCUT2D eigenvalue weighted by Gasteiger charge is -2.15. The molecule has 1 aromatic heterocycles. The van der Waals surface area contributed by atoms with E-state index >= 15 is 0 Å². The Bertz CT molecular complexity index is 675. The Hall–Kier alpha value is -2.02. The molecule has 6 nitrogen and oxygen atoms in total. The molecule has 2 aromatic rings. The van der Waals surface area contributed by atoms with Crippen molar-refractivity contribution in [3.05, 3.63) is 40.6 Å². The van der Waals surface area contributed by atoms with E-state index in [1.807, 2.05) is 6.92 Å². The average molecular weight is 293 g/mol. The Balaban J connectivity index is 2.43. The van der Waals surface area contributed by atoms with E-state index in [9.17, 15) is 14.3 Å². The van der Waals surface area contributed by atoms with E-state index in [1.165, 1.54) is 12.3 Å². The van der Waals surface area contributed by atoms with Gasteiger partial charge in [-0.25, -0.2) is 4.98 Å². The van der Waals surface area contributed by atoms with Crippen LogP contribution in [0, 0.1) is 10.1 Å².